The van der Waals surface area contributed by atoms with Gasteiger partial charge in [-0.25, -0.2) is 0 Å². The lowest BCUT2D eigenvalue weighted by molar-refractivity contribution is 0.0948. The van der Waals surface area contributed by atoms with E-state index in [2.05, 4.69) is 24.5 Å². The predicted octanol–water partition coefficient (Wildman–Crippen LogP) is 2.85. The second-order valence-electron chi connectivity index (χ2n) is 4.97. The van der Waals surface area contributed by atoms with Crippen molar-refractivity contribution in [3.05, 3.63) is 29.3 Å². The van der Waals surface area contributed by atoms with Crippen LogP contribution < -0.4 is 10.6 Å². The third-order valence-electron chi connectivity index (χ3n) is 3.01. The summed E-state index contributed by atoms with van der Waals surface area (Å²) < 4.78 is 0. The number of anilines is 1. The molecule has 0 bridgehead atoms. The molecule has 1 aromatic carbocycles. The third-order valence-corrected chi connectivity index (χ3v) is 3.01. The van der Waals surface area contributed by atoms with E-state index in [1.165, 1.54) is 5.56 Å². The number of halogens is 1. The average molecular weight is 269 g/mol. The number of amides is 1. The number of fused-ring (bicyclic) bond motifs is 1. The number of carbonyl (C=O) groups is 1. The zero-order valence-electron chi connectivity index (χ0n) is 11.0. The molecular weight excluding hydrogens is 248 g/mol. The molecule has 2 N–H and O–H groups in total. The van der Waals surface area contributed by atoms with Crippen LogP contribution in [-0.2, 0) is 6.42 Å². The summed E-state index contributed by atoms with van der Waals surface area (Å²) >= 11 is 0. The second-order valence-corrected chi connectivity index (χ2v) is 4.97. The standard InChI is InChI=1S/C14H20N2O.ClH/c1-10(2)9-16-14(17)12-5-3-7-13-11(12)6-4-8-15-13;/h3,5,7,10,15H,4,6,8-9H2,1-2H3,(H,16,17);1H. The summed E-state index contributed by atoms with van der Waals surface area (Å²) in [6.07, 6.45) is 2.09. The molecule has 3 nitrogen and oxygen atoms in total. The lowest BCUT2D eigenvalue weighted by Crippen LogP contribution is -2.29. The number of nitrogens with one attached hydrogen (secondary N) is 2. The van der Waals surface area contributed by atoms with Crippen LogP contribution in [0.25, 0.3) is 0 Å². The average Bonchev–Trinajstić information content (AvgIpc) is 2.35. The summed E-state index contributed by atoms with van der Waals surface area (Å²) in [5.74, 6) is 0.538. The number of carbonyl (C=O) groups excluding carboxylic acids is 1. The molecule has 1 amide bonds. The van der Waals surface area contributed by atoms with Crippen LogP contribution in [0, 0.1) is 5.92 Å². The summed E-state index contributed by atoms with van der Waals surface area (Å²) in [5.41, 5.74) is 3.11. The van der Waals surface area contributed by atoms with Crippen LogP contribution in [-0.4, -0.2) is 19.0 Å². The van der Waals surface area contributed by atoms with Crippen molar-refractivity contribution < 1.29 is 4.79 Å². The smallest absolute Gasteiger partial charge is 0.251 e. The fraction of sp³-hybridized carbons (Fsp3) is 0.500. The van der Waals surface area contributed by atoms with E-state index in [1.807, 2.05) is 18.2 Å². The Kier molecular flexibility index (Phi) is 5.48. The molecule has 0 atom stereocenters. The highest BCUT2D eigenvalue weighted by molar-refractivity contribution is 5.97. The van der Waals surface area contributed by atoms with E-state index < -0.39 is 0 Å². The fourth-order valence-corrected chi connectivity index (χ4v) is 2.11. The normalized spacial score (nSPS) is 13.3. The maximum atomic E-state index is 12.1. The Balaban J connectivity index is 0.00000162. The van der Waals surface area contributed by atoms with E-state index in [-0.39, 0.29) is 18.3 Å². The Labute approximate surface area is 115 Å². The van der Waals surface area contributed by atoms with Crippen molar-refractivity contribution in [2.75, 3.05) is 18.4 Å². The Morgan fingerprint density at radius 3 is 2.94 bits per heavy atom. The molecule has 0 unspecified atom stereocenters. The van der Waals surface area contributed by atoms with Crippen LogP contribution >= 0.6 is 12.4 Å². The van der Waals surface area contributed by atoms with Gasteiger partial charge in [0.1, 0.15) is 0 Å². The van der Waals surface area contributed by atoms with Gasteiger partial charge in [0.05, 0.1) is 0 Å². The van der Waals surface area contributed by atoms with Gasteiger partial charge >= 0.3 is 0 Å². The zero-order valence-corrected chi connectivity index (χ0v) is 11.8. The predicted molar refractivity (Wildman–Crippen MR) is 77.7 cm³/mol. The molecule has 0 aromatic heterocycles. The molecule has 0 fully saturated rings. The fourth-order valence-electron chi connectivity index (χ4n) is 2.11. The molecule has 1 aromatic rings. The molecule has 0 saturated carbocycles. The molecule has 100 valence electrons. The maximum absolute atomic E-state index is 12.1. The van der Waals surface area contributed by atoms with Crippen LogP contribution in [0.1, 0.15) is 36.2 Å². The van der Waals surface area contributed by atoms with Gasteiger partial charge in [-0.15, -0.1) is 12.4 Å². The van der Waals surface area contributed by atoms with E-state index in [4.69, 9.17) is 0 Å². The van der Waals surface area contributed by atoms with Crippen molar-refractivity contribution in [2.24, 2.45) is 5.92 Å². The summed E-state index contributed by atoms with van der Waals surface area (Å²) in [7, 11) is 0. The molecule has 0 aliphatic carbocycles. The quantitative estimate of drug-likeness (QED) is 0.885. The number of rotatable bonds is 3. The van der Waals surface area contributed by atoms with Gasteiger partial charge in [0, 0.05) is 24.3 Å². The van der Waals surface area contributed by atoms with Gasteiger partial charge in [0.25, 0.3) is 5.91 Å². The highest BCUT2D eigenvalue weighted by atomic mass is 35.5. The van der Waals surface area contributed by atoms with Crippen molar-refractivity contribution >= 4 is 24.0 Å². The monoisotopic (exact) mass is 268 g/mol. The second kappa shape index (κ2) is 6.64. The Hall–Kier alpha value is -1.22. The molecule has 1 aliphatic heterocycles. The minimum absolute atomic E-state index is 0. The van der Waals surface area contributed by atoms with Crippen molar-refractivity contribution in [2.45, 2.75) is 26.7 Å². The summed E-state index contributed by atoms with van der Waals surface area (Å²) in [6, 6.07) is 5.91. The van der Waals surface area contributed by atoms with Gasteiger partial charge in [0.15, 0.2) is 0 Å². The van der Waals surface area contributed by atoms with E-state index in [9.17, 15) is 4.79 Å². The van der Waals surface area contributed by atoms with Crippen molar-refractivity contribution in [1.29, 1.82) is 0 Å². The maximum Gasteiger partial charge on any atom is 0.251 e. The molecular formula is C14H21ClN2O. The topological polar surface area (TPSA) is 41.1 Å². The van der Waals surface area contributed by atoms with Gasteiger partial charge in [0.2, 0.25) is 0 Å². The number of benzene rings is 1. The first-order valence-corrected chi connectivity index (χ1v) is 6.32. The van der Waals surface area contributed by atoms with Crippen molar-refractivity contribution in [3.63, 3.8) is 0 Å². The van der Waals surface area contributed by atoms with Gasteiger partial charge in [-0.3, -0.25) is 4.79 Å². The van der Waals surface area contributed by atoms with Crippen LogP contribution in [0.3, 0.4) is 0 Å². The number of hydrogen-bond donors (Lipinski definition) is 2. The summed E-state index contributed by atoms with van der Waals surface area (Å²) in [6.45, 7) is 5.94. The van der Waals surface area contributed by atoms with Crippen molar-refractivity contribution in [1.82, 2.24) is 5.32 Å². The van der Waals surface area contributed by atoms with Gasteiger partial charge in [-0.05, 0) is 36.5 Å². The first-order chi connectivity index (χ1) is 8.18. The lowest BCUT2D eigenvalue weighted by atomic mass is 9.97. The van der Waals surface area contributed by atoms with Crippen LogP contribution in [0.2, 0.25) is 0 Å². The van der Waals surface area contributed by atoms with Gasteiger partial charge in [-0.1, -0.05) is 19.9 Å². The van der Waals surface area contributed by atoms with Crippen LogP contribution in [0.4, 0.5) is 5.69 Å². The Morgan fingerprint density at radius 2 is 2.22 bits per heavy atom. The highest BCUT2D eigenvalue weighted by Gasteiger charge is 2.16. The largest absolute Gasteiger partial charge is 0.385 e. The van der Waals surface area contributed by atoms with Crippen molar-refractivity contribution in [3.8, 4) is 0 Å². The van der Waals surface area contributed by atoms with Crippen LogP contribution in [0.15, 0.2) is 18.2 Å². The SMILES string of the molecule is CC(C)CNC(=O)c1cccc2c1CCCN2.Cl. The Bertz CT molecular complexity index is 418. The minimum atomic E-state index is 0. The number of hydrogen-bond acceptors (Lipinski definition) is 2. The Morgan fingerprint density at radius 1 is 1.44 bits per heavy atom. The van der Waals surface area contributed by atoms with Gasteiger partial charge in [-0.2, -0.15) is 0 Å². The molecule has 4 heteroatoms. The molecule has 2 rings (SSSR count). The molecule has 0 saturated heterocycles. The molecule has 18 heavy (non-hydrogen) atoms. The summed E-state index contributed by atoms with van der Waals surface area (Å²) in [5, 5.41) is 6.32. The van der Waals surface area contributed by atoms with E-state index >= 15 is 0 Å². The molecule has 1 aliphatic rings. The summed E-state index contributed by atoms with van der Waals surface area (Å²) in [4.78, 5) is 12.1. The van der Waals surface area contributed by atoms with Gasteiger partial charge < -0.3 is 10.6 Å². The first-order valence-electron chi connectivity index (χ1n) is 6.32. The lowest BCUT2D eigenvalue weighted by Gasteiger charge is -2.20. The van der Waals surface area contributed by atoms with E-state index in [0.29, 0.717) is 5.92 Å². The zero-order chi connectivity index (χ0) is 12.3. The molecule has 0 spiro atoms. The van der Waals surface area contributed by atoms with Crippen LogP contribution in [0.5, 0.6) is 0 Å². The highest BCUT2D eigenvalue weighted by Crippen LogP contribution is 2.25. The molecule has 0 radical (unpaired) electrons. The molecule has 1 heterocycles. The third kappa shape index (κ3) is 3.39. The van der Waals surface area contributed by atoms with E-state index in [0.717, 1.165) is 37.2 Å². The first kappa shape index (κ1) is 14.8. The van der Waals surface area contributed by atoms with E-state index in [1.54, 1.807) is 0 Å². The minimum Gasteiger partial charge on any atom is -0.385 e.